The van der Waals surface area contributed by atoms with Crippen molar-refractivity contribution in [3.63, 3.8) is 0 Å². The van der Waals surface area contributed by atoms with Crippen molar-refractivity contribution in [2.75, 3.05) is 26.2 Å². The number of nitrogens with zero attached hydrogens (tertiary/aromatic N) is 3. The van der Waals surface area contributed by atoms with Crippen molar-refractivity contribution in [1.29, 1.82) is 5.26 Å². The summed E-state index contributed by atoms with van der Waals surface area (Å²) in [6.45, 7) is 5.49. The van der Waals surface area contributed by atoms with E-state index in [-0.39, 0.29) is 11.9 Å². The minimum absolute atomic E-state index is 0.0510. The van der Waals surface area contributed by atoms with Gasteiger partial charge in [-0.3, -0.25) is 9.69 Å². The summed E-state index contributed by atoms with van der Waals surface area (Å²) >= 11 is 0. The Morgan fingerprint density at radius 3 is 2.54 bits per heavy atom. The summed E-state index contributed by atoms with van der Waals surface area (Å²) < 4.78 is 0. The van der Waals surface area contributed by atoms with Crippen molar-refractivity contribution < 1.29 is 4.79 Å². The van der Waals surface area contributed by atoms with Crippen LogP contribution in [0.3, 0.4) is 0 Å². The number of hydrogen-bond donors (Lipinski definition) is 0. The number of nitriles is 1. The van der Waals surface area contributed by atoms with E-state index in [1.807, 2.05) is 35.2 Å². The Balaban J connectivity index is 1.68. The smallest absolute Gasteiger partial charge is 0.239 e. The van der Waals surface area contributed by atoms with Crippen LogP contribution in [-0.2, 0) is 10.2 Å². The molecule has 2 heterocycles. The molecule has 2 aliphatic heterocycles. The topological polar surface area (TPSA) is 47.3 Å². The summed E-state index contributed by atoms with van der Waals surface area (Å²) in [5, 5.41) is 9.79. The van der Waals surface area contributed by atoms with E-state index >= 15 is 0 Å². The molecule has 128 valence electrons. The van der Waals surface area contributed by atoms with Gasteiger partial charge in [0.05, 0.1) is 17.5 Å². The van der Waals surface area contributed by atoms with Crippen molar-refractivity contribution in [3.05, 3.63) is 35.9 Å². The Hall–Kier alpha value is -1.86. The highest BCUT2D eigenvalue weighted by atomic mass is 16.2. The molecule has 3 rings (SSSR count). The average Bonchev–Trinajstić information content (AvgIpc) is 2.68. The minimum Gasteiger partial charge on any atom is -0.341 e. The van der Waals surface area contributed by atoms with Gasteiger partial charge in [-0.25, -0.2) is 0 Å². The van der Waals surface area contributed by atoms with Crippen LogP contribution < -0.4 is 0 Å². The van der Waals surface area contributed by atoms with E-state index in [9.17, 15) is 10.1 Å². The molecular formula is C20H27N3O. The molecule has 0 N–H and O–H groups in total. The number of carbonyl (C=O) groups excluding carboxylic acids is 1. The number of benzene rings is 1. The Kier molecular flexibility index (Phi) is 5.20. The van der Waals surface area contributed by atoms with E-state index in [0.29, 0.717) is 13.1 Å². The van der Waals surface area contributed by atoms with Crippen LogP contribution in [0.15, 0.2) is 30.3 Å². The van der Waals surface area contributed by atoms with E-state index in [4.69, 9.17) is 0 Å². The first kappa shape index (κ1) is 17.0. The number of likely N-dealkylation sites (tertiary alicyclic amines) is 2. The molecular weight excluding hydrogens is 298 g/mol. The molecule has 2 aliphatic rings. The molecule has 0 spiro atoms. The molecule has 2 fully saturated rings. The molecule has 1 unspecified atom stereocenters. The first-order chi connectivity index (χ1) is 11.7. The second-order valence-corrected chi connectivity index (χ2v) is 7.03. The van der Waals surface area contributed by atoms with Crippen LogP contribution in [-0.4, -0.2) is 47.9 Å². The average molecular weight is 325 g/mol. The van der Waals surface area contributed by atoms with Gasteiger partial charge >= 0.3 is 0 Å². The largest absolute Gasteiger partial charge is 0.341 e. The van der Waals surface area contributed by atoms with Crippen molar-refractivity contribution in [2.45, 2.75) is 50.5 Å². The van der Waals surface area contributed by atoms with Crippen LogP contribution in [0.25, 0.3) is 0 Å². The Morgan fingerprint density at radius 1 is 1.21 bits per heavy atom. The molecule has 0 aromatic heterocycles. The summed E-state index contributed by atoms with van der Waals surface area (Å²) in [6.07, 6.45) is 4.79. The highest BCUT2D eigenvalue weighted by Crippen LogP contribution is 2.35. The molecule has 24 heavy (non-hydrogen) atoms. The first-order valence-corrected chi connectivity index (χ1v) is 9.20. The maximum atomic E-state index is 13.0. The third-order valence-corrected chi connectivity index (χ3v) is 5.77. The van der Waals surface area contributed by atoms with Crippen molar-refractivity contribution in [1.82, 2.24) is 9.80 Å². The van der Waals surface area contributed by atoms with E-state index in [0.717, 1.165) is 44.3 Å². The van der Waals surface area contributed by atoms with Gasteiger partial charge in [-0.1, -0.05) is 43.7 Å². The second-order valence-electron chi connectivity index (χ2n) is 7.03. The molecule has 0 bridgehead atoms. The van der Waals surface area contributed by atoms with Crippen LogP contribution in [0.2, 0.25) is 0 Å². The number of hydrogen-bond acceptors (Lipinski definition) is 3. The maximum Gasteiger partial charge on any atom is 0.239 e. The molecule has 1 aromatic carbocycles. The van der Waals surface area contributed by atoms with Crippen molar-refractivity contribution in [2.24, 2.45) is 0 Å². The lowest BCUT2D eigenvalue weighted by Crippen LogP contribution is -2.54. The Morgan fingerprint density at radius 2 is 1.92 bits per heavy atom. The van der Waals surface area contributed by atoms with Gasteiger partial charge in [-0.15, -0.1) is 0 Å². The SMILES string of the molecule is CCN1CCCCC1C(=O)N1CCC(C#N)(c2ccccc2)CC1. The lowest BCUT2D eigenvalue weighted by atomic mass is 9.74. The number of rotatable bonds is 3. The van der Waals surface area contributed by atoms with Crippen molar-refractivity contribution in [3.8, 4) is 6.07 Å². The summed E-state index contributed by atoms with van der Waals surface area (Å²) in [4.78, 5) is 17.3. The van der Waals surface area contributed by atoms with E-state index in [1.54, 1.807) is 0 Å². The van der Waals surface area contributed by atoms with Crippen LogP contribution >= 0.6 is 0 Å². The predicted molar refractivity (Wildman–Crippen MR) is 94.4 cm³/mol. The third-order valence-electron chi connectivity index (χ3n) is 5.77. The van der Waals surface area contributed by atoms with Gasteiger partial charge in [0, 0.05) is 13.1 Å². The molecule has 0 aliphatic carbocycles. The first-order valence-electron chi connectivity index (χ1n) is 9.20. The number of likely N-dealkylation sites (N-methyl/N-ethyl adjacent to an activating group) is 1. The third kappa shape index (κ3) is 3.18. The molecule has 0 saturated carbocycles. The number of amides is 1. The monoisotopic (exact) mass is 325 g/mol. The van der Waals surface area contributed by atoms with Crippen LogP contribution in [0, 0.1) is 11.3 Å². The predicted octanol–water partition coefficient (Wildman–Crippen LogP) is 2.94. The summed E-state index contributed by atoms with van der Waals surface area (Å²) in [5.74, 6) is 0.274. The van der Waals surface area contributed by atoms with Gasteiger partial charge in [0.15, 0.2) is 0 Å². The number of carbonyl (C=O) groups is 1. The fourth-order valence-electron chi connectivity index (χ4n) is 4.19. The molecule has 1 aromatic rings. The van der Waals surface area contributed by atoms with Gasteiger partial charge in [0.1, 0.15) is 0 Å². The molecule has 1 atom stereocenters. The highest BCUT2D eigenvalue weighted by molar-refractivity contribution is 5.82. The summed E-state index contributed by atoms with van der Waals surface area (Å²) in [7, 11) is 0. The lowest BCUT2D eigenvalue weighted by molar-refractivity contribution is -0.139. The van der Waals surface area contributed by atoms with Crippen LogP contribution in [0.4, 0.5) is 0 Å². The maximum absolute atomic E-state index is 13.0. The highest BCUT2D eigenvalue weighted by Gasteiger charge is 2.39. The Bertz CT molecular complexity index is 599. The normalized spacial score (nSPS) is 24.3. The summed E-state index contributed by atoms with van der Waals surface area (Å²) in [5.41, 5.74) is 0.655. The van der Waals surface area contributed by atoms with Crippen LogP contribution in [0.5, 0.6) is 0 Å². The van der Waals surface area contributed by atoms with Gasteiger partial charge < -0.3 is 4.90 Å². The Labute approximate surface area is 145 Å². The van der Waals surface area contributed by atoms with Gasteiger partial charge in [0.25, 0.3) is 0 Å². The van der Waals surface area contributed by atoms with Crippen LogP contribution in [0.1, 0.15) is 44.6 Å². The lowest BCUT2D eigenvalue weighted by Gasteiger charge is -2.42. The zero-order chi connectivity index (χ0) is 17.0. The fraction of sp³-hybridized carbons (Fsp3) is 0.600. The zero-order valence-corrected chi connectivity index (χ0v) is 14.6. The van der Waals surface area contributed by atoms with Gasteiger partial charge in [-0.05, 0) is 44.3 Å². The standard InChI is InChI=1S/C20H27N3O/c1-2-22-13-7-6-10-18(22)19(24)23-14-11-20(16-21,12-15-23)17-8-4-3-5-9-17/h3-5,8-9,18H,2,6-7,10-15H2,1H3. The molecule has 4 heteroatoms. The van der Waals surface area contributed by atoms with E-state index in [2.05, 4.69) is 17.9 Å². The molecule has 1 amide bonds. The molecule has 2 saturated heterocycles. The minimum atomic E-state index is -0.435. The zero-order valence-electron chi connectivity index (χ0n) is 14.6. The molecule has 4 nitrogen and oxygen atoms in total. The molecule has 0 radical (unpaired) electrons. The van der Waals surface area contributed by atoms with Gasteiger partial charge in [0.2, 0.25) is 5.91 Å². The summed E-state index contributed by atoms with van der Waals surface area (Å²) in [6, 6.07) is 12.6. The van der Waals surface area contributed by atoms with E-state index < -0.39 is 5.41 Å². The van der Waals surface area contributed by atoms with Crippen molar-refractivity contribution >= 4 is 5.91 Å². The number of piperidine rings is 2. The second kappa shape index (κ2) is 7.36. The van der Waals surface area contributed by atoms with E-state index in [1.165, 1.54) is 6.42 Å². The fourth-order valence-corrected chi connectivity index (χ4v) is 4.19. The van der Waals surface area contributed by atoms with Gasteiger partial charge in [-0.2, -0.15) is 5.26 Å². The quantitative estimate of drug-likeness (QED) is 0.858.